The first-order valence-electron chi connectivity index (χ1n) is 9.84. The first-order chi connectivity index (χ1) is 15.5. The van der Waals surface area contributed by atoms with Gasteiger partial charge in [0.05, 0.1) is 15.8 Å². The third-order valence-electron chi connectivity index (χ3n) is 5.57. The molecule has 6 nitrogen and oxygen atoms in total. The van der Waals surface area contributed by atoms with E-state index in [2.05, 4.69) is 10.5 Å². The highest BCUT2D eigenvalue weighted by Crippen LogP contribution is 2.50. The lowest BCUT2D eigenvalue weighted by Gasteiger charge is -2.29. The van der Waals surface area contributed by atoms with Crippen molar-refractivity contribution in [2.75, 3.05) is 13.2 Å². The minimum atomic E-state index is -4.90. The van der Waals surface area contributed by atoms with Crippen LogP contribution in [0.15, 0.2) is 35.5 Å². The van der Waals surface area contributed by atoms with Crippen LogP contribution in [0.4, 0.5) is 17.6 Å². The summed E-state index contributed by atoms with van der Waals surface area (Å²) in [6.07, 6.45) is -5.59. The van der Waals surface area contributed by atoms with Gasteiger partial charge in [0.15, 0.2) is 5.82 Å². The lowest BCUT2D eigenvalue weighted by molar-refractivity contribution is -0.874. The maximum Gasteiger partial charge on any atom is 0.435 e. The Balaban J connectivity index is 1.61. The number of amides is 1. The first kappa shape index (κ1) is 23.7. The van der Waals surface area contributed by atoms with Gasteiger partial charge in [-0.3, -0.25) is 4.79 Å². The number of alkyl halides is 3. The Bertz CT molecular complexity index is 1110. The van der Waals surface area contributed by atoms with E-state index in [1.807, 2.05) is 0 Å². The summed E-state index contributed by atoms with van der Waals surface area (Å²) < 4.78 is 56.2. The Morgan fingerprint density at radius 1 is 1.24 bits per heavy atom. The molecule has 0 radical (unpaired) electrons. The fourth-order valence-corrected chi connectivity index (χ4v) is 4.23. The van der Waals surface area contributed by atoms with E-state index in [9.17, 15) is 22.4 Å². The Labute approximate surface area is 195 Å². The summed E-state index contributed by atoms with van der Waals surface area (Å²) in [4.78, 5) is 22.6. The lowest BCUT2D eigenvalue weighted by atomic mass is 9.86. The van der Waals surface area contributed by atoms with Crippen LogP contribution in [0.3, 0.4) is 0 Å². The zero-order valence-electron chi connectivity index (χ0n) is 17.1. The maximum absolute atomic E-state index is 14.2. The summed E-state index contributed by atoms with van der Waals surface area (Å²) >= 11 is 11.4. The summed E-state index contributed by atoms with van der Waals surface area (Å²) in [5.41, 5.74) is -0.435. The standard InChI is InChI=1S/C21H17Cl2F4N3O3/c1-10-4-11(2-3-14(10)19(31)29-13-8-28-32-9-13)17-7-20(33-30-17,21(25,26)27)12-5-15(22)18(24)16(23)6-12/h2-6,13,28H,7-9H2,1H3,(H,29,31)/p+1. The number of oxime groups is 1. The summed E-state index contributed by atoms with van der Waals surface area (Å²) in [7, 11) is 0. The van der Waals surface area contributed by atoms with Gasteiger partial charge in [-0.15, -0.1) is 0 Å². The third-order valence-corrected chi connectivity index (χ3v) is 6.12. The molecular weight excluding hydrogens is 489 g/mol. The first-order valence-corrected chi connectivity index (χ1v) is 10.6. The average Bonchev–Trinajstić information content (AvgIpc) is 3.41. The van der Waals surface area contributed by atoms with Gasteiger partial charge in [0.25, 0.3) is 11.5 Å². The van der Waals surface area contributed by atoms with Gasteiger partial charge in [0.2, 0.25) is 0 Å². The molecule has 0 spiro atoms. The number of nitrogens with zero attached hydrogens (tertiary/aromatic N) is 1. The second kappa shape index (κ2) is 8.75. The molecule has 0 aliphatic carbocycles. The van der Waals surface area contributed by atoms with Crippen LogP contribution < -0.4 is 10.8 Å². The van der Waals surface area contributed by atoms with Gasteiger partial charge in [-0.1, -0.05) is 34.4 Å². The molecule has 0 bridgehead atoms. The van der Waals surface area contributed by atoms with Crippen molar-refractivity contribution in [1.82, 2.24) is 5.32 Å². The van der Waals surface area contributed by atoms with Gasteiger partial charge in [-0.05, 0) is 42.3 Å². The zero-order valence-corrected chi connectivity index (χ0v) is 18.6. The number of benzene rings is 2. The van der Waals surface area contributed by atoms with Gasteiger partial charge in [0, 0.05) is 17.5 Å². The SMILES string of the molecule is Cc1cc(C2=NOC(c3cc(Cl)c(F)c(Cl)c3)(C(F)(F)F)C2)ccc1C(=O)NC1C[NH2+]OC1. The predicted octanol–water partition coefficient (Wildman–Crippen LogP) is 3.63. The molecule has 1 amide bonds. The number of nitrogens with one attached hydrogen (secondary N) is 1. The Morgan fingerprint density at radius 2 is 1.94 bits per heavy atom. The molecule has 3 N–H and O–H groups in total. The van der Waals surface area contributed by atoms with Crippen molar-refractivity contribution in [3.05, 3.63) is 68.4 Å². The molecule has 2 aliphatic rings. The van der Waals surface area contributed by atoms with E-state index < -0.39 is 39.6 Å². The van der Waals surface area contributed by atoms with Gasteiger partial charge in [-0.2, -0.15) is 18.7 Å². The molecule has 1 saturated heterocycles. The van der Waals surface area contributed by atoms with Gasteiger partial charge in [-0.25, -0.2) is 9.23 Å². The molecular formula is C21H18Cl2F4N3O3+. The fraction of sp³-hybridized carbons (Fsp3) is 0.333. The van der Waals surface area contributed by atoms with Crippen molar-refractivity contribution in [3.63, 3.8) is 0 Å². The number of rotatable bonds is 4. The second-order valence-electron chi connectivity index (χ2n) is 7.82. The van der Waals surface area contributed by atoms with Crippen LogP contribution in [-0.4, -0.2) is 37.0 Å². The molecule has 0 saturated carbocycles. The molecule has 176 valence electrons. The van der Waals surface area contributed by atoms with E-state index in [4.69, 9.17) is 32.9 Å². The van der Waals surface area contributed by atoms with Crippen LogP contribution in [0.2, 0.25) is 10.0 Å². The largest absolute Gasteiger partial charge is 0.435 e. The molecule has 0 aromatic heterocycles. The molecule has 2 heterocycles. The Morgan fingerprint density at radius 3 is 2.52 bits per heavy atom. The number of carbonyl (C=O) groups excluding carboxylic acids is 1. The van der Waals surface area contributed by atoms with Crippen molar-refractivity contribution in [2.24, 2.45) is 5.16 Å². The van der Waals surface area contributed by atoms with Gasteiger partial charge < -0.3 is 10.2 Å². The molecule has 2 aromatic rings. The number of hydrogen-bond donors (Lipinski definition) is 2. The van der Waals surface area contributed by atoms with Crippen molar-refractivity contribution in [1.29, 1.82) is 0 Å². The van der Waals surface area contributed by atoms with Crippen molar-refractivity contribution in [3.8, 4) is 0 Å². The highest BCUT2D eigenvalue weighted by molar-refractivity contribution is 6.35. The molecule has 4 rings (SSSR count). The van der Waals surface area contributed by atoms with Crippen LogP contribution in [-0.2, 0) is 15.3 Å². The molecule has 2 aliphatic heterocycles. The Hall–Kier alpha value is -2.40. The van der Waals surface area contributed by atoms with Gasteiger partial charge in [0.1, 0.15) is 19.2 Å². The number of nitrogens with two attached hydrogens (primary N) is 1. The van der Waals surface area contributed by atoms with E-state index in [-0.39, 0.29) is 17.7 Å². The molecule has 2 atom stereocenters. The molecule has 2 unspecified atom stereocenters. The summed E-state index contributed by atoms with van der Waals surface area (Å²) in [6.45, 7) is 2.64. The third kappa shape index (κ3) is 4.40. The van der Waals surface area contributed by atoms with E-state index in [1.165, 1.54) is 12.1 Å². The lowest BCUT2D eigenvalue weighted by Crippen LogP contribution is -2.80. The number of hydrogen-bond acceptors (Lipinski definition) is 4. The maximum atomic E-state index is 14.2. The number of carbonyl (C=O) groups is 1. The molecule has 12 heteroatoms. The number of hydroxylamine groups is 1. The number of halogens is 6. The smallest absolute Gasteiger partial charge is 0.374 e. The highest BCUT2D eigenvalue weighted by atomic mass is 35.5. The Kier molecular flexibility index (Phi) is 6.30. The van der Waals surface area contributed by atoms with Crippen molar-refractivity contribution >= 4 is 34.8 Å². The second-order valence-corrected chi connectivity index (χ2v) is 8.63. The van der Waals surface area contributed by atoms with E-state index >= 15 is 0 Å². The minimum Gasteiger partial charge on any atom is -0.374 e. The summed E-state index contributed by atoms with van der Waals surface area (Å²) in [5, 5.41) is 5.40. The number of quaternary nitrogens is 1. The van der Waals surface area contributed by atoms with Crippen LogP contribution in [0, 0.1) is 12.7 Å². The minimum absolute atomic E-state index is 0.0118. The van der Waals surface area contributed by atoms with Crippen LogP contribution >= 0.6 is 23.2 Å². The normalized spacial score (nSPS) is 22.8. The summed E-state index contributed by atoms with van der Waals surface area (Å²) in [5.74, 6) is -1.34. The quantitative estimate of drug-likeness (QED) is 0.491. The highest BCUT2D eigenvalue weighted by Gasteiger charge is 2.62. The van der Waals surface area contributed by atoms with Crippen LogP contribution in [0.25, 0.3) is 0 Å². The van der Waals surface area contributed by atoms with Crippen LogP contribution in [0.5, 0.6) is 0 Å². The molecule has 33 heavy (non-hydrogen) atoms. The van der Waals surface area contributed by atoms with Crippen LogP contribution in [0.1, 0.15) is 33.5 Å². The topological polar surface area (TPSA) is 76.5 Å². The molecule has 2 aromatic carbocycles. The van der Waals surface area contributed by atoms with Crippen molar-refractivity contribution < 1.29 is 37.5 Å². The molecule has 1 fully saturated rings. The van der Waals surface area contributed by atoms with E-state index in [0.717, 1.165) is 12.1 Å². The summed E-state index contributed by atoms with van der Waals surface area (Å²) in [6, 6.07) is 6.10. The zero-order chi connectivity index (χ0) is 24.0. The van der Waals surface area contributed by atoms with E-state index in [0.29, 0.717) is 29.8 Å². The van der Waals surface area contributed by atoms with Crippen molar-refractivity contribution in [2.45, 2.75) is 31.2 Å². The van der Waals surface area contributed by atoms with Gasteiger partial charge >= 0.3 is 6.18 Å². The monoisotopic (exact) mass is 506 g/mol. The van der Waals surface area contributed by atoms with E-state index in [1.54, 1.807) is 18.5 Å². The fourth-order valence-electron chi connectivity index (χ4n) is 3.75. The average molecular weight is 507 g/mol. The number of aryl methyl sites for hydroxylation is 1. The predicted molar refractivity (Wildman–Crippen MR) is 112 cm³/mol.